The van der Waals surface area contributed by atoms with Gasteiger partial charge in [0.15, 0.2) is 10.9 Å². The third-order valence-electron chi connectivity index (χ3n) is 4.10. The van der Waals surface area contributed by atoms with Gasteiger partial charge in [0, 0.05) is 41.2 Å². The molecule has 0 aliphatic rings. The average Bonchev–Trinajstić information content (AvgIpc) is 3.07. The Morgan fingerprint density at radius 1 is 1.17 bits per heavy atom. The molecule has 4 nitrogen and oxygen atoms in total. The Hall–Kier alpha value is -1.45. The van der Waals surface area contributed by atoms with Crippen LogP contribution >= 0.6 is 47.1 Å². The molecule has 0 aliphatic carbocycles. The summed E-state index contributed by atoms with van der Waals surface area (Å²) in [6.45, 7) is 1.05. The van der Waals surface area contributed by atoms with Crippen LogP contribution in [0.5, 0.6) is 0 Å². The van der Waals surface area contributed by atoms with Gasteiger partial charge in [0.25, 0.3) is 0 Å². The third kappa shape index (κ3) is 6.52. The van der Waals surface area contributed by atoms with E-state index < -0.39 is 11.6 Å². The number of anilines is 1. The van der Waals surface area contributed by atoms with E-state index in [0.29, 0.717) is 40.1 Å². The van der Waals surface area contributed by atoms with E-state index in [4.69, 9.17) is 11.6 Å². The van der Waals surface area contributed by atoms with Crippen LogP contribution in [0.15, 0.2) is 41.3 Å². The third-order valence-corrected chi connectivity index (χ3v) is 6.39. The molecule has 1 aromatic heterocycles. The van der Waals surface area contributed by atoms with Crippen LogP contribution in [0.3, 0.4) is 0 Å². The summed E-state index contributed by atoms with van der Waals surface area (Å²) >= 11 is 8.57. The molecule has 0 N–H and O–H groups in total. The lowest BCUT2D eigenvalue weighted by atomic mass is 10.3. The minimum atomic E-state index is -0.721. The first-order valence-electron chi connectivity index (χ1n) is 8.92. The van der Waals surface area contributed by atoms with Gasteiger partial charge in [-0.15, -0.1) is 24.2 Å². The summed E-state index contributed by atoms with van der Waals surface area (Å²) in [5.41, 5.74) is 0.0876. The van der Waals surface area contributed by atoms with Crippen LogP contribution in [0.25, 0.3) is 10.2 Å². The van der Waals surface area contributed by atoms with Crippen molar-refractivity contribution in [3.63, 3.8) is 0 Å². The molecule has 0 saturated carbocycles. The molecule has 3 rings (SSSR count). The molecule has 0 saturated heterocycles. The zero-order valence-corrected chi connectivity index (χ0v) is 19.6. The highest BCUT2D eigenvalue weighted by Gasteiger charge is 2.21. The Balaban J connectivity index is 0.00000320. The number of nitrogens with zero attached hydrogens (tertiary/aromatic N) is 3. The van der Waals surface area contributed by atoms with E-state index in [1.807, 2.05) is 43.3 Å². The number of thioether (sulfide) groups is 1. The fraction of sp³-hybridized carbons (Fsp3) is 0.300. The van der Waals surface area contributed by atoms with Crippen molar-refractivity contribution in [1.29, 1.82) is 0 Å². The first kappa shape index (κ1) is 24.8. The first-order chi connectivity index (χ1) is 13.8. The van der Waals surface area contributed by atoms with Gasteiger partial charge in [-0.1, -0.05) is 22.9 Å². The van der Waals surface area contributed by atoms with Gasteiger partial charge < -0.3 is 4.90 Å². The number of rotatable bonds is 8. The summed E-state index contributed by atoms with van der Waals surface area (Å²) in [6, 6.07) is 9.48. The molecule has 0 atom stereocenters. The maximum Gasteiger partial charge on any atom is 0.229 e. The second kappa shape index (κ2) is 11.2. The van der Waals surface area contributed by atoms with E-state index in [0.717, 1.165) is 22.3 Å². The summed E-state index contributed by atoms with van der Waals surface area (Å²) < 4.78 is 27.9. The van der Waals surface area contributed by atoms with Gasteiger partial charge in [0.2, 0.25) is 5.91 Å². The molecule has 3 aromatic rings. The van der Waals surface area contributed by atoms with E-state index in [1.54, 1.807) is 16.7 Å². The molecule has 0 spiro atoms. The van der Waals surface area contributed by atoms with Crippen molar-refractivity contribution >= 4 is 68.4 Å². The molecule has 2 aromatic carbocycles. The maximum absolute atomic E-state index is 14.0. The fourth-order valence-corrected chi connectivity index (χ4v) is 4.63. The highest BCUT2D eigenvalue weighted by Crippen LogP contribution is 2.32. The summed E-state index contributed by atoms with van der Waals surface area (Å²) in [5.74, 6) is -0.892. The topological polar surface area (TPSA) is 36.4 Å². The number of likely N-dealkylation sites (N-methyl/N-ethyl adjacent to an activating group) is 1. The van der Waals surface area contributed by atoms with Crippen LogP contribution in [0.4, 0.5) is 13.9 Å². The van der Waals surface area contributed by atoms with Crippen LogP contribution in [0.1, 0.15) is 6.42 Å². The van der Waals surface area contributed by atoms with Gasteiger partial charge in [0.05, 0.1) is 4.70 Å². The quantitative estimate of drug-likeness (QED) is 0.377. The van der Waals surface area contributed by atoms with Crippen molar-refractivity contribution in [2.75, 3.05) is 37.8 Å². The van der Waals surface area contributed by atoms with Gasteiger partial charge >= 0.3 is 0 Å². The molecular formula is C20H21Cl2F2N3OS2. The Morgan fingerprint density at radius 3 is 2.53 bits per heavy atom. The number of aromatic nitrogens is 1. The summed E-state index contributed by atoms with van der Waals surface area (Å²) in [7, 11) is 3.82. The van der Waals surface area contributed by atoms with Crippen molar-refractivity contribution in [2.24, 2.45) is 0 Å². The number of hydrogen-bond donors (Lipinski definition) is 0. The summed E-state index contributed by atoms with van der Waals surface area (Å²) in [4.78, 5) is 21.7. The molecule has 162 valence electrons. The van der Waals surface area contributed by atoms with E-state index >= 15 is 0 Å². The molecule has 0 radical (unpaired) electrons. The fourth-order valence-electron chi connectivity index (χ4n) is 2.61. The van der Waals surface area contributed by atoms with E-state index in [1.165, 1.54) is 6.07 Å². The monoisotopic (exact) mass is 491 g/mol. The minimum absolute atomic E-state index is 0. The van der Waals surface area contributed by atoms with Gasteiger partial charge in [-0.25, -0.2) is 13.8 Å². The second-order valence-corrected chi connectivity index (χ2v) is 9.25. The molecule has 0 unspecified atom stereocenters. The van der Waals surface area contributed by atoms with E-state index in [2.05, 4.69) is 4.98 Å². The number of carbonyl (C=O) groups excluding carboxylic acids is 1. The molecule has 1 amide bonds. The van der Waals surface area contributed by atoms with E-state index in [9.17, 15) is 13.6 Å². The number of thiazole rings is 1. The number of halogens is 4. The average molecular weight is 492 g/mol. The Bertz CT molecular complexity index is 1000. The largest absolute Gasteiger partial charge is 0.308 e. The van der Waals surface area contributed by atoms with Crippen molar-refractivity contribution in [2.45, 2.75) is 11.3 Å². The second-order valence-electron chi connectivity index (χ2n) is 6.63. The predicted octanol–water partition coefficient (Wildman–Crippen LogP) is 5.73. The molecule has 0 fully saturated rings. The zero-order chi connectivity index (χ0) is 21.0. The van der Waals surface area contributed by atoms with Crippen LogP contribution in [-0.4, -0.2) is 48.7 Å². The normalized spacial score (nSPS) is 11.0. The van der Waals surface area contributed by atoms with Crippen molar-refractivity contribution in [1.82, 2.24) is 9.88 Å². The van der Waals surface area contributed by atoms with E-state index in [-0.39, 0.29) is 23.8 Å². The van der Waals surface area contributed by atoms with Gasteiger partial charge in [0.1, 0.15) is 11.3 Å². The maximum atomic E-state index is 14.0. The minimum Gasteiger partial charge on any atom is -0.308 e. The first-order valence-corrected chi connectivity index (χ1v) is 11.1. The Kier molecular flexibility index (Phi) is 9.31. The summed E-state index contributed by atoms with van der Waals surface area (Å²) in [6.07, 6.45) is 0.299. The highest BCUT2D eigenvalue weighted by atomic mass is 35.5. The number of fused-ring (bicyclic) bond motifs is 1. The smallest absolute Gasteiger partial charge is 0.229 e. The molecule has 30 heavy (non-hydrogen) atoms. The zero-order valence-electron chi connectivity index (χ0n) is 16.4. The molecule has 10 heteroatoms. The van der Waals surface area contributed by atoms with Crippen LogP contribution in [0, 0.1) is 11.6 Å². The SMILES string of the molecule is CN(C)CCN(C(=O)CCSc1ccc(Cl)cc1)c1nc2c(F)cc(F)cc2s1.Cl. The predicted molar refractivity (Wildman–Crippen MR) is 124 cm³/mol. The van der Waals surface area contributed by atoms with Crippen LogP contribution < -0.4 is 4.90 Å². The summed E-state index contributed by atoms with van der Waals surface area (Å²) in [5, 5.41) is 1.05. The molecule has 0 bridgehead atoms. The van der Waals surface area contributed by atoms with Crippen molar-refractivity contribution in [3.05, 3.63) is 53.1 Å². The Labute approximate surface area is 193 Å². The van der Waals surface area contributed by atoms with Gasteiger partial charge in [-0.05, 0) is 44.4 Å². The molecule has 1 heterocycles. The van der Waals surface area contributed by atoms with Crippen molar-refractivity contribution < 1.29 is 13.6 Å². The van der Waals surface area contributed by atoms with Gasteiger partial charge in [-0.2, -0.15) is 0 Å². The molecule has 0 aliphatic heterocycles. The Morgan fingerprint density at radius 2 is 1.87 bits per heavy atom. The number of hydrogen-bond acceptors (Lipinski definition) is 5. The van der Waals surface area contributed by atoms with Crippen molar-refractivity contribution in [3.8, 4) is 0 Å². The standard InChI is InChI=1S/C20H20ClF2N3OS2.ClH/c1-25(2)8-9-26(18(27)7-10-28-15-5-3-13(21)4-6-15)20-24-19-16(23)11-14(22)12-17(19)29-20;/h3-6,11-12H,7-10H2,1-2H3;1H. The lowest BCUT2D eigenvalue weighted by molar-refractivity contribution is -0.118. The van der Waals surface area contributed by atoms with Gasteiger partial charge in [-0.3, -0.25) is 9.69 Å². The number of carbonyl (C=O) groups is 1. The lowest BCUT2D eigenvalue weighted by Crippen LogP contribution is -2.36. The van der Waals surface area contributed by atoms with Crippen LogP contribution in [0.2, 0.25) is 5.02 Å². The lowest BCUT2D eigenvalue weighted by Gasteiger charge is -2.22. The van der Waals surface area contributed by atoms with Crippen LogP contribution in [-0.2, 0) is 4.79 Å². The number of benzene rings is 2. The highest BCUT2D eigenvalue weighted by molar-refractivity contribution is 7.99. The number of amides is 1. The molecular weight excluding hydrogens is 471 g/mol.